The SMILES string of the molecule is CC1c2ccc3occc3c2CCN1C(=O)c1cc2ccc(Cl)cn2n1. The molecule has 1 amide bonds. The zero-order valence-electron chi connectivity index (χ0n) is 14.1. The first-order valence-corrected chi connectivity index (χ1v) is 8.94. The number of benzene rings is 1. The van der Waals surface area contributed by atoms with Crippen molar-refractivity contribution in [1.29, 1.82) is 0 Å². The summed E-state index contributed by atoms with van der Waals surface area (Å²) in [6, 6.07) is 11.5. The maximum absolute atomic E-state index is 13.1. The molecule has 3 aromatic heterocycles. The predicted octanol–water partition coefficient (Wildman–Crippen LogP) is 4.49. The van der Waals surface area contributed by atoms with Gasteiger partial charge < -0.3 is 9.32 Å². The normalized spacial score (nSPS) is 17.0. The molecular formula is C20H16ClN3O2. The Kier molecular flexibility index (Phi) is 3.34. The predicted molar refractivity (Wildman–Crippen MR) is 99.6 cm³/mol. The Labute approximate surface area is 154 Å². The van der Waals surface area contributed by atoms with Gasteiger partial charge in [0.05, 0.1) is 22.8 Å². The highest BCUT2D eigenvalue weighted by molar-refractivity contribution is 6.30. The summed E-state index contributed by atoms with van der Waals surface area (Å²) >= 11 is 6.01. The quantitative estimate of drug-likeness (QED) is 0.499. The Morgan fingerprint density at radius 1 is 1.27 bits per heavy atom. The minimum atomic E-state index is -0.0599. The van der Waals surface area contributed by atoms with Gasteiger partial charge in [0.1, 0.15) is 5.58 Å². The van der Waals surface area contributed by atoms with Gasteiger partial charge >= 0.3 is 0 Å². The first kappa shape index (κ1) is 15.5. The Balaban J connectivity index is 1.52. The lowest BCUT2D eigenvalue weighted by atomic mass is 9.91. The van der Waals surface area contributed by atoms with Crippen LogP contribution in [-0.2, 0) is 6.42 Å². The summed E-state index contributed by atoms with van der Waals surface area (Å²) in [5.41, 5.74) is 4.63. The summed E-state index contributed by atoms with van der Waals surface area (Å²) in [5, 5.41) is 6.14. The number of carbonyl (C=O) groups excluding carboxylic acids is 1. The van der Waals surface area contributed by atoms with E-state index in [1.54, 1.807) is 29.1 Å². The fourth-order valence-electron chi connectivity index (χ4n) is 3.88. The second-order valence-corrected chi connectivity index (χ2v) is 7.07. The summed E-state index contributed by atoms with van der Waals surface area (Å²) < 4.78 is 7.15. The molecule has 1 aliphatic rings. The summed E-state index contributed by atoms with van der Waals surface area (Å²) in [5.74, 6) is -0.0599. The number of hydrogen-bond donors (Lipinski definition) is 0. The monoisotopic (exact) mass is 365 g/mol. The molecule has 0 bridgehead atoms. The summed E-state index contributed by atoms with van der Waals surface area (Å²) in [6.07, 6.45) is 4.23. The molecule has 5 rings (SSSR count). The van der Waals surface area contributed by atoms with Gasteiger partial charge in [0.15, 0.2) is 5.69 Å². The number of furan rings is 1. The van der Waals surface area contributed by atoms with Crippen LogP contribution in [0.5, 0.6) is 0 Å². The van der Waals surface area contributed by atoms with Crippen molar-refractivity contribution in [1.82, 2.24) is 14.5 Å². The number of rotatable bonds is 1. The number of aromatic nitrogens is 2. The second kappa shape index (κ2) is 5.61. The average Bonchev–Trinajstić information content (AvgIpc) is 3.27. The van der Waals surface area contributed by atoms with Crippen molar-refractivity contribution in [3.63, 3.8) is 0 Å². The van der Waals surface area contributed by atoms with E-state index in [1.165, 1.54) is 11.1 Å². The number of hydrogen-bond acceptors (Lipinski definition) is 3. The van der Waals surface area contributed by atoms with Crippen LogP contribution in [0.25, 0.3) is 16.5 Å². The van der Waals surface area contributed by atoms with E-state index < -0.39 is 0 Å². The molecular weight excluding hydrogens is 350 g/mol. The van der Waals surface area contributed by atoms with Crippen molar-refractivity contribution < 1.29 is 9.21 Å². The fourth-order valence-corrected chi connectivity index (χ4v) is 4.03. The summed E-state index contributed by atoms with van der Waals surface area (Å²) in [6.45, 7) is 2.72. The molecule has 0 radical (unpaired) electrons. The lowest BCUT2D eigenvalue weighted by molar-refractivity contribution is 0.0672. The fraction of sp³-hybridized carbons (Fsp3) is 0.200. The van der Waals surface area contributed by atoms with Crippen molar-refractivity contribution >= 4 is 34.0 Å². The largest absolute Gasteiger partial charge is 0.464 e. The number of pyridine rings is 1. The van der Waals surface area contributed by atoms with Gasteiger partial charge in [0, 0.05) is 18.1 Å². The highest BCUT2D eigenvalue weighted by atomic mass is 35.5. The zero-order chi connectivity index (χ0) is 17.8. The van der Waals surface area contributed by atoms with Gasteiger partial charge in [0.25, 0.3) is 5.91 Å². The van der Waals surface area contributed by atoms with Crippen molar-refractivity contribution in [3.05, 3.63) is 70.7 Å². The smallest absolute Gasteiger partial charge is 0.274 e. The molecule has 1 unspecified atom stereocenters. The molecule has 5 nitrogen and oxygen atoms in total. The molecule has 1 aromatic carbocycles. The highest BCUT2D eigenvalue weighted by Crippen LogP contribution is 2.35. The van der Waals surface area contributed by atoms with Crippen molar-refractivity contribution in [2.24, 2.45) is 0 Å². The van der Waals surface area contributed by atoms with Gasteiger partial charge in [0.2, 0.25) is 0 Å². The van der Waals surface area contributed by atoms with Crippen LogP contribution in [0, 0.1) is 0 Å². The van der Waals surface area contributed by atoms with E-state index in [9.17, 15) is 4.79 Å². The van der Waals surface area contributed by atoms with Gasteiger partial charge in [-0.15, -0.1) is 0 Å². The van der Waals surface area contributed by atoms with Crippen LogP contribution < -0.4 is 0 Å². The van der Waals surface area contributed by atoms with E-state index in [0.717, 1.165) is 22.9 Å². The molecule has 0 aliphatic carbocycles. The molecule has 0 fully saturated rings. The van der Waals surface area contributed by atoms with E-state index in [2.05, 4.69) is 18.1 Å². The van der Waals surface area contributed by atoms with E-state index in [-0.39, 0.29) is 11.9 Å². The molecule has 1 aliphatic heterocycles. The lowest BCUT2D eigenvalue weighted by Gasteiger charge is -2.35. The third kappa shape index (κ3) is 2.24. The Bertz CT molecular complexity index is 1160. The van der Waals surface area contributed by atoms with E-state index in [1.807, 2.05) is 23.1 Å². The number of nitrogens with zero attached hydrogens (tertiary/aromatic N) is 3. The standard InChI is InChI=1S/C20H16ClN3O2/c1-12-15-4-5-19-17(7-9-26-19)16(15)6-8-23(12)20(25)18-10-14-3-2-13(21)11-24(14)22-18/h2-5,7,9-12H,6,8H2,1H3. The molecule has 1 atom stereocenters. The molecule has 4 aromatic rings. The topological polar surface area (TPSA) is 50.8 Å². The van der Waals surface area contributed by atoms with Gasteiger partial charge in [-0.1, -0.05) is 17.7 Å². The van der Waals surface area contributed by atoms with Gasteiger partial charge in [-0.2, -0.15) is 5.10 Å². The van der Waals surface area contributed by atoms with Crippen molar-refractivity contribution in [2.45, 2.75) is 19.4 Å². The van der Waals surface area contributed by atoms with Crippen molar-refractivity contribution in [2.75, 3.05) is 6.54 Å². The van der Waals surface area contributed by atoms with Crippen LogP contribution in [0.2, 0.25) is 5.02 Å². The van der Waals surface area contributed by atoms with Crippen LogP contribution in [0.1, 0.15) is 34.6 Å². The summed E-state index contributed by atoms with van der Waals surface area (Å²) in [4.78, 5) is 15.0. The molecule has 0 saturated carbocycles. The maximum Gasteiger partial charge on any atom is 0.274 e. The first-order chi connectivity index (χ1) is 12.6. The zero-order valence-corrected chi connectivity index (χ0v) is 14.9. The van der Waals surface area contributed by atoms with Crippen LogP contribution >= 0.6 is 11.6 Å². The molecule has 4 heterocycles. The van der Waals surface area contributed by atoms with Crippen molar-refractivity contribution in [3.8, 4) is 0 Å². The minimum Gasteiger partial charge on any atom is -0.464 e. The number of fused-ring (bicyclic) bond motifs is 4. The molecule has 0 spiro atoms. The number of amides is 1. The van der Waals surface area contributed by atoms with E-state index >= 15 is 0 Å². The highest BCUT2D eigenvalue weighted by Gasteiger charge is 2.30. The molecule has 6 heteroatoms. The number of carbonyl (C=O) groups is 1. The molecule has 0 N–H and O–H groups in total. The van der Waals surface area contributed by atoms with Gasteiger partial charge in [-0.25, -0.2) is 4.52 Å². The number of halogens is 1. The molecule has 130 valence electrons. The van der Waals surface area contributed by atoms with Crippen LogP contribution in [0.4, 0.5) is 0 Å². The Morgan fingerprint density at radius 2 is 2.15 bits per heavy atom. The first-order valence-electron chi connectivity index (χ1n) is 8.57. The third-order valence-electron chi connectivity index (χ3n) is 5.21. The Morgan fingerprint density at radius 3 is 3.04 bits per heavy atom. The van der Waals surface area contributed by atoms with Crippen LogP contribution in [0.3, 0.4) is 0 Å². The average molecular weight is 366 g/mol. The van der Waals surface area contributed by atoms with Gasteiger partial charge in [-0.05, 0) is 54.8 Å². The molecule has 0 saturated heterocycles. The van der Waals surface area contributed by atoms with Crippen LogP contribution in [0.15, 0.2) is 53.3 Å². The molecule has 26 heavy (non-hydrogen) atoms. The maximum atomic E-state index is 13.1. The Hall–Kier alpha value is -2.79. The van der Waals surface area contributed by atoms with E-state index in [0.29, 0.717) is 17.3 Å². The third-order valence-corrected chi connectivity index (χ3v) is 5.43. The lowest BCUT2D eigenvalue weighted by Crippen LogP contribution is -2.39. The second-order valence-electron chi connectivity index (χ2n) is 6.64. The summed E-state index contributed by atoms with van der Waals surface area (Å²) in [7, 11) is 0. The van der Waals surface area contributed by atoms with Gasteiger partial charge in [-0.3, -0.25) is 4.79 Å². The van der Waals surface area contributed by atoms with E-state index in [4.69, 9.17) is 16.0 Å². The van der Waals surface area contributed by atoms with Crippen LogP contribution in [-0.4, -0.2) is 27.0 Å². The minimum absolute atomic E-state index is 0.0149.